The van der Waals surface area contributed by atoms with Crippen molar-refractivity contribution >= 4 is 0 Å². The molecule has 0 aliphatic rings. The number of hydrogen-bond donors (Lipinski definition) is 0. The fourth-order valence-electron chi connectivity index (χ4n) is 2.37. The fraction of sp³-hybridized carbons (Fsp3) is 0.625. The van der Waals surface area contributed by atoms with Crippen molar-refractivity contribution in [3.8, 4) is 5.75 Å². The summed E-state index contributed by atoms with van der Waals surface area (Å²) in [6.45, 7) is 6.59. The fourth-order valence-corrected chi connectivity index (χ4v) is 2.37. The van der Waals surface area contributed by atoms with Crippen molar-refractivity contribution in [3.63, 3.8) is 0 Å². The first kappa shape index (κ1) is 15.0. The van der Waals surface area contributed by atoms with E-state index in [1.807, 2.05) is 12.1 Å². The van der Waals surface area contributed by atoms with Gasteiger partial charge in [-0.25, -0.2) is 4.39 Å². The largest absolute Gasteiger partial charge is 0.497 e. The van der Waals surface area contributed by atoms with E-state index in [0.29, 0.717) is 17.6 Å². The molecule has 0 saturated heterocycles. The molecule has 0 amide bonds. The molecule has 0 aliphatic carbocycles. The SMILES string of the molecule is CCCC(CC(C)CC)c1ccc(OC)cc1F. The second-order valence-corrected chi connectivity index (χ2v) is 5.12. The maximum Gasteiger partial charge on any atom is 0.130 e. The average molecular weight is 252 g/mol. The molecule has 0 N–H and O–H groups in total. The zero-order chi connectivity index (χ0) is 13.5. The van der Waals surface area contributed by atoms with Crippen molar-refractivity contribution in [2.75, 3.05) is 7.11 Å². The Hall–Kier alpha value is -1.05. The molecule has 18 heavy (non-hydrogen) atoms. The molecule has 0 spiro atoms. The minimum Gasteiger partial charge on any atom is -0.497 e. The Labute approximate surface area is 110 Å². The molecule has 1 nitrogen and oxygen atoms in total. The van der Waals surface area contributed by atoms with Crippen molar-refractivity contribution in [3.05, 3.63) is 29.6 Å². The standard InChI is InChI=1S/C16H25FO/c1-5-7-13(10-12(3)6-2)15-9-8-14(18-4)11-16(15)17/h8-9,11-13H,5-7,10H2,1-4H3. The molecule has 0 bridgehead atoms. The number of benzene rings is 1. The third kappa shape index (κ3) is 4.01. The van der Waals surface area contributed by atoms with E-state index in [4.69, 9.17) is 4.74 Å². The van der Waals surface area contributed by atoms with E-state index in [0.717, 1.165) is 31.2 Å². The summed E-state index contributed by atoms with van der Waals surface area (Å²) in [5.74, 6) is 1.44. The highest BCUT2D eigenvalue weighted by Gasteiger charge is 2.17. The molecule has 102 valence electrons. The Morgan fingerprint density at radius 2 is 2.00 bits per heavy atom. The van der Waals surface area contributed by atoms with E-state index in [2.05, 4.69) is 20.8 Å². The molecule has 0 radical (unpaired) electrons. The smallest absolute Gasteiger partial charge is 0.130 e. The summed E-state index contributed by atoms with van der Waals surface area (Å²) in [5, 5.41) is 0. The van der Waals surface area contributed by atoms with Crippen molar-refractivity contribution in [2.45, 2.75) is 52.4 Å². The highest BCUT2D eigenvalue weighted by molar-refractivity contribution is 5.31. The number of methoxy groups -OCH3 is 1. The molecule has 0 saturated carbocycles. The van der Waals surface area contributed by atoms with Crippen LogP contribution in [0.2, 0.25) is 0 Å². The quantitative estimate of drug-likeness (QED) is 0.651. The predicted octanol–water partition coefficient (Wildman–Crippen LogP) is 5.15. The minimum atomic E-state index is -0.129. The summed E-state index contributed by atoms with van der Waals surface area (Å²) in [6.07, 6.45) is 4.35. The first-order valence-corrected chi connectivity index (χ1v) is 6.95. The zero-order valence-electron chi connectivity index (χ0n) is 12.0. The first-order valence-electron chi connectivity index (χ1n) is 6.95. The van der Waals surface area contributed by atoms with Crippen LogP contribution in [0.25, 0.3) is 0 Å². The van der Waals surface area contributed by atoms with E-state index in [1.54, 1.807) is 7.11 Å². The van der Waals surface area contributed by atoms with E-state index < -0.39 is 0 Å². The second kappa shape index (κ2) is 7.40. The summed E-state index contributed by atoms with van der Waals surface area (Å²) >= 11 is 0. The molecule has 2 atom stereocenters. The predicted molar refractivity (Wildman–Crippen MR) is 74.7 cm³/mol. The Balaban J connectivity index is 2.90. The van der Waals surface area contributed by atoms with Gasteiger partial charge in [-0.2, -0.15) is 0 Å². The van der Waals surface area contributed by atoms with Crippen molar-refractivity contribution < 1.29 is 9.13 Å². The highest BCUT2D eigenvalue weighted by Crippen LogP contribution is 2.32. The number of rotatable bonds is 7. The van der Waals surface area contributed by atoms with E-state index in [1.165, 1.54) is 6.07 Å². The van der Waals surface area contributed by atoms with Crippen LogP contribution in [0.3, 0.4) is 0 Å². The summed E-state index contributed by atoms with van der Waals surface area (Å²) in [7, 11) is 1.57. The van der Waals surface area contributed by atoms with Gasteiger partial charge in [0.1, 0.15) is 11.6 Å². The van der Waals surface area contributed by atoms with Gasteiger partial charge in [0.2, 0.25) is 0 Å². The zero-order valence-corrected chi connectivity index (χ0v) is 12.0. The molecule has 1 aromatic carbocycles. The monoisotopic (exact) mass is 252 g/mol. The van der Waals surface area contributed by atoms with Gasteiger partial charge in [-0.05, 0) is 36.3 Å². The Morgan fingerprint density at radius 3 is 2.50 bits per heavy atom. The molecule has 2 heteroatoms. The Kier molecular flexibility index (Phi) is 6.17. The highest BCUT2D eigenvalue weighted by atomic mass is 19.1. The number of hydrogen-bond acceptors (Lipinski definition) is 1. The van der Waals surface area contributed by atoms with Crippen molar-refractivity contribution in [2.24, 2.45) is 5.92 Å². The van der Waals surface area contributed by atoms with Crippen LogP contribution in [0.1, 0.15) is 57.9 Å². The van der Waals surface area contributed by atoms with Crippen LogP contribution in [-0.4, -0.2) is 7.11 Å². The average Bonchev–Trinajstić information content (AvgIpc) is 2.38. The first-order chi connectivity index (χ1) is 8.62. The summed E-state index contributed by atoms with van der Waals surface area (Å²) in [4.78, 5) is 0. The second-order valence-electron chi connectivity index (χ2n) is 5.12. The van der Waals surface area contributed by atoms with Gasteiger partial charge < -0.3 is 4.74 Å². The van der Waals surface area contributed by atoms with Gasteiger partial charge >= 0.3 is 0 Å². The molecular formula is C16H25FO. The van der Waals surface area contributed by atoms with Crippen LogP contribution in [-0.2, 0) is 0 Å². The molecular weight excluding hydrogens is 227 g/mol. The van der Waals surface area contributed by atoms with Gasteiger partial charge in [-0.3, -0.25) is 0 Å². The van der Waals surface area contributed by atoms with Crippen LogP contribution < -0.4 is 4.74 Å². The summed E-state index contributed by atoms with van der Waals surface area (Å²) in [6, 6.07) is 5.24. The third-order valence-electron chi connectivity index (χ3n) is 3.67. The molecule has 1 aromatic rings. The molecule has 0 fully saturated rings. The van der Waals surface area contributed by atoms with Crippen LogP contribution in [0.5, 0.6) is 5.75 Å². The normalized spacial score (nSPS) is 14.3. The lowest BCUT2D eigenvalue weighted by Crippen LogP contribution is -2.07. The topological polar surface area (TPSA) is 9.23 Å². The molecule has 0 heterocycles. The lowest BCUT2D eigenvalue weighted by Gasteiger charge is -2.21. The lowest BCUT2D eigenvalue weighted by molar-refractivity contribution is 0.404. The maximum absolute atomic E-state index is 14.1. The van der Waals surface area contributed by atoms with Crippen LogP contribution in [0, 0.1) is 11.7 Å². The molecule has 2 unspecified atom stereocenters. The lowest BCUT2D eigenvalue weighted by atomic mass is 9.85. The maximum atomic E-state index is 14.1. The Morgan fingerprint density at radius 1 is 1.28 bits per heavy atom. The van der Waals surface area contributed by atoms with Crippen LogP contribution in [0.15, 0.2) is 18.2 Å². The molecule has 0 aliphatic heterocycles. The number of ether oxygens (including phenoxy) is 1. The number of halogens is 1. The third-order valence-corrected chi connectivity index (χ3v) is 3.67. The van der Waals surface area contributed by atoms with E-state index in [-0.39, 0.29) is 5.82 Å². The Bertz CT molecular complexity index is 362. The summed E-state index contributed by atoms with van der Waals surface area (Å²) in [5.41, 5.74) is 0.845. The van der Waals surface area contributed by atoms with E-state index >= 15 is 0 Å². The van der Waals surface area contributed by atoms with Gasteiger partial charge in [-0.1, -0.05) is 39.7 Å². The van der Waals surface area contributed by atoms with Gasteiger partial charge in [0.15, 0.2) is 0 Å². The van der Waals surface area contributed by atoms with Crippen LogP contribution >= 0.6 is 0 Å². The van der Waals surface area contributed by atoms with Crippen LogP contribution in [0.4, 0.5) is 4.39 Å². The molecule has 0 aromatic heterocycles. The van der Waals surface area contributed by atoms with Gasteiger partial charge in [0.25, 0.3) is 0 Å². The van der Waals surface area contributed by atoms with Gasteiger partial charge in [0.05, 0.1) is 7.11 Å². The minimum absolute atomic E-state index is 0.129. The van der Waals surface area contributed by atoms with Crippen molar-refractivity contribution in [1.82, 2.24) is 0 Å². The van der Waals surface area contributed by atoms with Gasteiger partial charge in [0, 0.05) is 6.07 Å². The summed E-state index contributed by atoms with van der Waals surface area (Å²) < 4.78 is 19.1. The van der Waals surface area contributed by atoms with Gasteiger partial charge in [-0.15, -0.1) is 0 Å². The van der Waals surface area contributed by atoms with E-state index in [9.17, 15) is 4.39 Å². The van der Waals surface area contributed by atoms with Crippen molar-refractivity contribution in [1.29, 1.82) is 0 Å². The molecule has 1 rings (SSSR count).